The molecule has 0 amide bonds. The number of para-hydroxylation sites is 2. The predicted octanol–water partition coefficient (Wildman–Crippen LogP) is 5.04. The van der Waals surface area contributed by atoms with Gasteiger partial charge in [0.1, 0.15) is 5.69 Å². The lowest BCUT2D eigenvalue weighted by Gasteiger charge is -2.08. The largest absolute Gasteiger partial charge is 0.493 e. The molecular formula is C26H23N5O2S. The molecule has 0 aliphatic heterocycles. The van der Waals surface area contributed by atoms with Crippen LogP contribution in [-0.4, -0.2) is 34.8 Å². The molecule has 2 heterocycles. The molecular weight excluding hydrogens is 446 g/mol. The highest BCUT2D eigenvalue weighted by molar-refractivity contribution is 7.16. The molecule has 0 saturated heterocycles. The van der Waals surface area contributed by atoms with Crippen molar-refractivity contribution in [1.29, 1.82) is 0 Å². The van der Waals surface area contributed by atoms with Gasteiger partial charge in [0.05, 0.1) is 36.3 Å². The van der Waals surface area contributed by atoms with Crippen molar-refractivity contribution in [2.24, 2.45) is 17.3 Å². The monoisotopic (exact) mass is 469 g/mol. The molecule has 0 aliphatic carbocycles. The van der Waals surface area contributed by atoms with Gasteiger partial charge in [-0.15, -0.1) is 5.10 Å². The molecule has 0 radical (unpaired) electrons. The molecule has 8 heteroatoms. The fraction of sp³-hybridized carbons (Fsp3) is 0.115. The van der Waals surface area contributed by atoms with Crippen LogP contribution in [0.2, 0.25) is 0 Å². The molecule has 0 saturated carbocycles. The van der Waals surface area contributed by atoms with Crippen molar-refractivity contribution in [3.63, 3.8) is 0 Å². The lowest BCUT2D eigenvalue weighted by Crippen LogP contribution is -2.08. The van der Waals surface area contributed by atoms with Crippen LogP contribution in [0.5, 0.6) is 11.5 Å². The summed E-state index contributed by atoms with van der Waals surface area (Å²) in [6.07, 6.45) is 3.69. The third-order valence-electron chi connectivity index (χ3n) is 5.48. The summed E-state index contributed by atoms with van der Waals surface area (Å²) in [7, 11) is 5.24. The van der Waals surface area contributed by atoms with Crippen LogP contribution < -0.4 is 14.3 Å². The molecule has 0 atom stereocenters. The van der Waals surface area contributed by atoms with Crippen LogP contribution in [0.4, 0.5) is 0 Å². The first-order valence-corrected chi connectivity index (χ1v) is 11.5. The number of hydrogen-bond donors (Lipinski definition) is 0. The minimum absolute atomic E-state index is 0.638. The van der Waals surface area contributed by atoms with Gasteiger partial charge in [0.2, 0.25) is 4.80 Å². The van der Waals surface area contributed by atoms with Crippen LogP contribution in [0.1, 0.15) is 5.56 Å². The summed E-state index contributed by atoms with van der Waals surface area (Å²) in [5.41, 5.74) is 4.58. The third-order valence-corrected chi connectivity index (χ3v) is 6.58. The van der Waals surface area contributed by atoms with Crippen LogP contribution >= 0.6 is 11.3 Å². The second-order valence-electron chi connectivity index (χ2n) is 7.54. The standard InChI is InChI=1S/C26H23N5O2S/c1-30-21-11-7-8-12-24(21)34-26(30)28-27-16-19-17-31(20-9-5-4-6-10-20)29-25(19)18-13-14-22(32-2)23(15-18)33-3/h4-17H,1-3H3/b27-16-,28-26-. The van der Waals surface area contributed by atoms with Gasteiger partial charge >= 0.3 is 0 Å². The molecule has 170 valence electrons. The lowest BCUT2D eigenvalue weighted by atomic mass is 10.1. The fourth-order valence-corrected chi connectivity index (χ4v) is 4.70. The van der Waals surface area contributed by atoms with Crippen molar-refractivity contribution >= 4 is 27.8 Å². The molecule has 0 aliphatic rings. The highest BCUT2D eigenvalue weighted by Crippen LogP contribution is 2.33. The Morgan fingerprint density at radius 1 is 0.912 bits per heavy atom. The van der Waals surface area contributed by atoms with Gasteiger partial charge in [-0.25, -0.2) is 4.68 Å². The van der Waals surface area contributed by atoms with Gasteiger partial charge in [-0.1, -0.05) is 41.7 Å². The number of fused-ring (bicyclic) bond motifs is 1. The first-order chi connectivity index (χ1) is 16.7. The second-order valence-corrected chi connectivity index (χ2v) is 8.55. The zero-order valence-corrected chi connectivity index (χ0v) is 19.9. The van der Waals surface area contributed by atoms with E-state index in [1.54, 1.807) is 31.8 Å². The Bertz CT molecular complexity index is 1550. The first-order valence-electron chi connectivity index (χ1n) is 10.7. The second kappa shape index (κ2) is 9.36. The molecule has 5 rings (SSSR count). The molecule has 7 nitrogen and oxygen atoms in total. The van der Waals surface area contributed by atoms with Crippen molar-refractivity contribution in [3.05, 3.63) is 89.4 Å². The molecule has 0 N–H and O–H groups in total. The Morgan fingerprint density at radius 2 is 1.68 bits per heavy atom. The van der Waals surface area contributed by atoms with Gasteiger partial charge in [0, 0.05) is 24.4 Å². The number of rotatable bonds is 6. The molecule has 0 fully saturated rings. The SMILES string of the molecule is COc1ccc(-c2nn(-c3ccccc3)cc2/C=N\N=c2/sc3ccccc3n2C)cc1OC. The summed E-state index contributed by atoms with van der Waals surface area (Å²) < 4.78 is 15.9. The average molecular weight is 470 g/mol. The predicted molar refractivity (Wildman–Crippen MR) is 136 cm³/mol. The molecule has 0 spiro atoms. The molecule has 3 aromatic carbocycles. The normalized spacial score (nSPS) is 12.0. The lowest BCUT2D eigenvalue weighted by molar-refractivity contribution is 0.355. The molecule has 0 unspecified atom stereocenters. The van der Waals surface area contributed by atoms with Crippen molar-refractivity contribution in [1.82, 2.24) is 14.3 Å². The molecule has 2 aromatic heterocycles. The number of methoxy groups -OCH3 is 2. The van der Waals surface area contributed by atoms with E-state index in [-0.39, 0.29) is 0 Å². The first kappa shape index (κ1) is 21.7. The van der Waals surface area contributed by atoms with Crippen LogP contribution in [0, 0.1) is 0 Å². The van der Waals surface area contributed by atoms with Gasteiger partial charge in [-0.05, 0) is 42.5 Å². The van der Waals surface area contributed by atoms with Crippen molar-refractivity contribution in [2.45, 2.75) is 0 Å². The zero-order chi connectivity index (χ0) is 23.5. The van der Waals surface area contributed by atoms with Gasteiger partial charge in [0.25, 0.3) is 0 Å². The highest BCUT2D eigenvalue weighted by Gasteiger charge is 2.14. The summed E-state index contributed by atoms with van der Waals surface area (Å²) in [5, 5.41) is 13.7. The van der Waals surface area contributed by atoms with Crippen LogP contribution in [0.15, 0.2) is 89.2 Å². The van der Waals surface area contributed by atoms with Gasteiger partial charge in [0.15, 0.2) is 11.5 Å². The Balaban J connectivity index is 1.59. The summed E-state index contributed by atoms with van der Waals surface area (Å²) in [6.45, 7) is 0. The summed E-state index contributed by atoms with van der Waals surface area (Å²) in [5.74, 6) is 1.30. The number of nitrogens with zero attached hydrogens (tertiary/aromatic N) is 5. The van der Waals surface area contributed by atoms with Gasteiger partial charge in [-0.2, -0.15) is 10.2 Å². The van der Waals surface area contributed by atoms with Gasteiger partial charge < -0.3 is 14.0 Å². The van der Waals surface area contributed by atoms with Crippen LogP contribution in [0.25, 0.3) is 27.2 Å². The van der Waals surface area contributed by atoms with Crippen molar-refractivity contribution in [3.8, 4) is 28.4 Å². The Morgan fingerprint density at radius 3 is 2.44 bits per heavy atom. The Hall–Kier alpha value is -4.17. The summed E-state index contributed by atoms with van der Waals surface area (Å²) >= 11 is 1.60. The quantitative estimate of drug-likeness (QED) is 0.258. The highest BCUT2D eigenvalue weighted by atomic mass is 32.1. The summed E-state index contributed by atoms with van der Waals surface area (Å²) in [4.78, 5) is 0.820. The van der Waals surface area contributed by atoms with E-state index >= 15 is 0 Å². The van der Waals surface area contributed by atoms with E-state index in [2.05, 4.69) is 22.3 Å². The average Bonchev–Trinajstić information content (AvgIpc) is 3.45. The molecule has 34 heavy (non-hydrogen) atoms. The Labute approximate surface area is 200 Å². The molecule has 5 aromatic rings. The van der Waals surface area contributed by atoms with Crippen LogP contribution in [-0.2, 0) is 7.05 Å². The number of hydrogen-bond acceptors (Lipinski definition) is 6. The summed E-state index contributed by atoms with van der Waals surface area (Å²) in [6, 6.07) is 23.9. The maximum absolute atomic E-state index is 5.50. The van der Waals surface area contributed by atoms with E-state index in [0.717, 1.165) is 32.8 Å². The van der Waals surface area contributed by atoms with Crippen molar-refractivity contribution < 1.29 is 9.47 Å². The van der Waals surface area contributed by atoms with E-state index in [9.17, 15) is 0 Å². The fourth-order valence-electron chi connectivity index (χ4n) is 3.72. The number of aromatic nitrogens is 3. The van der Waals surface area contributed by atoms with E-state index < -0.39 is 0 Å². The Kier molecular flexibility index (Phi) is 5.97. The number of aryl methyl sites for hydroxylation is 1. The van der Waals surface area contributed by atoms with Crippen LogP contribution in [0.3, 0.4) is 0 Å². The smallest absolute Gasteiger partial charge is 0.211 e. The maximum Gasteiger partial charge on any atom is 0.211 e. The van der Waals surface area contributed by atoms with E-state index in [4.69, 9.17) is 14.6 Å². The third kappa shape index (κ3) is 4.11. The minimum Gasteiger partial charge on any atom is -0.493 e. The minimum atomic E-state index is 0.638. The topological polar surface area (TPSA) is 65.9 Å². The number of benzene rings is 3. The van der Waals surface area contributed by atoms with E-state index in [0.29, 0.717) is 11.5 Å². The zero-order valence-electron chi connectivity index (χ0n) is 19.0. The van der Waals surface area contributed by atoms with E-state index in [1.165, 1.54) is 4.70 Å². The number of thiazole rings is 1. The number of ether oxygens (including phenoxy) is 2. The van der Waals surface area contributed by atoms with E-state index in [1.807, 2.05) is 83.2 Å². The van der Waals surface area contributed by atoms with Gasteiger partial charge in [-0.3, -0.25) is 0 Å². The maximum atomic E-state index is 5.50. The van der Waals surface area contributed by atoms with Crippen molar-refractivity contribution in [2.75, 3.05) is 14.2 Å². The molecule has 0 bridgehead atoms.